The molecule has 8 heteroatoms. The van der Waals surface area contributed by atoms with Crippen LogP contribution >= 0.6 is 0 Å². The van der Waals surface area contributed by atoms with Crippen LogP contribution in [0, 0.1) is 24.1 Å². The fraction of sp³-hybridized carbons (Fsp3) is 0.100. The molecule has 0 atom stereocenters. The molecule has 1 aromatic carbocycles. The summed E-state index contributed by atoms with van der Waals surface area (Å²) in [5.74, 6) is -1.97. The Morgan fingerprint density at radius 3 is 2.71 bits per heavy atom. The van der Waals surface area contributed by atoms with E-state index in [0.29, 0.717) is 11.2 Å². The van der Waals surface area contributed by atoms with Gasteiger partial charge in [0.1, 0.15) is 22.9 Å². The van der Waals surface area contributed by atoms with Crippen LogP contribution in [0.5, 0.6) is 11.6 Å². The van der Waals surface area contributed by atoms with E-state index < -0.39 is 22.9 Å². The molecule has 140 valence electrons. The second-order valence-electron chi connectivity index (χ2n) is 5.71. The largest absolute Gasteiger partial charge is 0.465 e. The molecule has 0 bridgehead atoms. The third-order valence-corrected chi connectivity index (χ3v) is 3.91. The van der Waals surface area contributed by atoms with Gasteiger partial charge in [-0.1, -0.05) is 18.2 Å². The van der Waals surface area contributed by atoms with Gasteiger partial charge in [-0.3, -0.25) is 9.20 Å². The van der Waals surface area contributed by atoms with Gasteiger partial charge in [0, 0.05) is 6.20 Å². The molecule has 3 aromatic rings. The topological polar surface area (TPSA) is 93.7 Å². The van der Waals surface area contributed by atoms with Crippen molar-refractivity contribution < 1.29 is 18.7 Å². The SMILES string of the molecule is COC(=O)C(C#N)=Cc1c(Oc2ccccc2F)nc2c(C)cccn2c1=O. The Hall–Kier alpha value is -3.99. The van der Waals surface area contributed by atoms with Gasteiger partial charge in [0.2, 0.25) is 5.88 Å². The molecule has 0 spiro atoms. The number of rotatable bonds is 4. The van der Waals surface area contributed by atoms with Crippen molar-refractivity contribution in [3.63, 3.8) is 0 Å². The monoisotopic (exact) mass is 379 g/mol. The van der Waals surface area contributed by atoms with Crippen LogP contribution in [0.4, 0.5) is 4.39 Å². The standard InChI is InChI=1S/C20H14FN3O4/c1-12-6-5-9-24-17(12)23-18(28-16-8-4-3-7-15(16)21)14(19(24)25)10-13(11-22)20(26)27-2/h3-10H,1-2H3. The Balaban J connectivity index is 2.31. The minimum absolute atomic E-state index is 0.154. The molecule has 3 rings (SSSR count). The molecule has 0 radical (unpaired) electrons. The fourth-order valence-corrected chi connectivity index (χ4v) is 2.52. The maximum atomic E-state index is 14.0. The van der Waals surface area contributed by atoms with E-state index in [1.165, 1.54) is 28.8 Å². The first-order valence-electron chi connectivity index (χ1n) is 8.10. The number of carbonyl (C=O) groups is 1. The third-order valence-electron chi connectivity index (χ3n) is 3.91. The molecule has 7 nitrogen and oxygen atoms in total. The van der Waals surface area contributed by atoms with E-state index in [1.807, 2.05) is 0 Å². The van der Waals surface area contributed by atoms with Crippen LogP contribution in [0.15, 0.2) is 53.0 Å². The van der Waals surface area contributed by atoms with Crippen LogP contribution in [0.25, 0.3) is 11.7 Å². The first-order valence-corrected chi connectivity index (χ1v) is 8.10. The van der Waals surface area contributed by atoms with Gasteiger partial charge in [0.05, 0.1) is 7.11 Å². The van der Waals surface area contributed by atoms with Gasteiger partial charge in [0.15, 0.2) is 11.6 Å². The summed E-state index contributed by atoms with van der Waals surface area (Å²) in [5, 5.41) is 9.21. The number of aryl methyl sites for hydroxylation is 1. The van der Waals surface area contributed by atoms with Crippen molar-refractivity contribution in [2.45, 2.75) is 6.92 Å². The lowest BCUT2D eigenvalue weighted by Gasteiger charge is -2.11. The van der Waals surface area contributed by atoms with E-state index in [0.717, 1.165) is 13.2 Å². The Morgan fingerprint density at radius 2 is 2.04 bits per heavy atom. The van der Waals surface area contributed by atoms with Crippen molar-refractivity contribution in [3.05, 3.63) is 75.5 Å². The highest BCUT2D eigenvalue weighted by molar-refractivity contribution is 5.98. The van der Waals surface area contributed by atoms with Gasteiger partial charge in [-0.15, -0.1) is 0 Å². The summed E-state index contributed by atoms with van der Waals surface area (Å²) in [6, 6.07) is 10.7. The molecule has 0 aliphatic carbocycles. The predicted octanol–water partition coefficient (Wildman–Crippen LogP) is 3.01. The van der Waals surface area contributed by atoms with Gasteiger partial charge in [-0.25, -0.2) is 9.18 Å². The summed E-state index contributed by atoms with van der Waals surface area (Å²) < 4.78 is 25.4. The van der Waals surface area contributed by atoms with E-state index in [4.69, 9.17) is 4.74 Å². The van der Waals surface area contributed by atoms with Gasteiger partial charge < -0.3 is 9.47 Å². The number of esters is 1. The number of carbonyl (C=O) groups excluding carboxylic acids is 1. The molecule has 0 aliphatic rings. The number of para-hydroxylation sites is 1. The Bertz CT molecular complexity index is 1210. The quantitative estimate of drug-likeness (QED) is 0.393. The van der Waals surface area contributed by atoms with E-state index in [9.17, 15) is 19.2 Å². The number of hydrogen-bond acceptors (Lipinski definition) is 6. The van der Waals surface area contributed by atoms with Crippen molar-refractivity contribution in [3.8, 4) is 17.7 Å². The zero-order valence-electron chi connectivity index (χ0n) is 15.0. The molecule has 0 N–H and O–H groups in total. The number of hydrogen-bond donors (Lipinski definition) is 0. The van der Waals surface area contributed by atoms with E-state index >= 15 is 0 Å². The average molecular weight is 379 g/mol. The Kier molecular flexibility index (Phi) is 5.18. The maximum Gasteiger partial charge on any atom is 0.348 e. The highest BCUT2D eigenvalue weighted by Crippen LogP contribution is 2.26. The number of pyridine rings is 1. The van der Waals surface area contributed by atoms with E-state index in [-0.39, 0.29) is 17.2 Å². The van der Waals surface area contributed by atoms with Crippen molar-refractivity contribution in [1.82, 2.24) is 9.38 Å². The van der Waals surface area contributed by atoms with Crippen molar-refractivity contribution in [1.29, 1.82) is 5.26 Å². The summed E-state index contributed by atoms with van der Waals surface area (Å²) in [5.41, 5.74) is -0.216. The van der Waals surface area contributed by atoms with Crippen LogP contribution in [-0.4, -0.2) is 22.5 Å². The van der Waals surface area contributed by atoms with Crippen molar-refractivity contribution in [2.75, 3.05) is 7.11 Å². The summed E-state index contributed by atoms with van der Waals surface area (Å²) in [6.07, 6.45) is 2.51. The van der Waals surface area contributed by atoms with Gasteiger partial charge in [-0.2, -0.15) is 10.2 Å². The van der Waals surface area contributed by atoms with Gasteiger partial charge >= 0.3 is 5.97 Å². The minimum Gasteiger partial charge on any atom is -0.465 e. The second-order valence-corrected chi connectivity index (χ2v) is 5.71. The Labute approximate surface area is 158 Å². The molecule has 2 heterocycles. The number of benzene rings is 1. The number of aromatic nitrogens is 2. The highest BCUT2D eigenvalue weighted by Gasteiger charge is 2.19. The third kappa shape index (κ3) is 3.46. The number of nitriles is 1. The van der Waals surface area contributed by atoms with Crippen LogP contribution < -0.4 is 10.3 Å². The number of ether oxygens (including phenoxy) is 2. The lowest BCUT2D eigenvalue weighted by molar-refractivity contribution is -0.135. The smallest absolute Gasteiger partial charge is 0.348 e. The Morgan fingerprint density at radius 1 is 1.29 bits per heavy atom. The average Bonchev–Trinajstić information content (AvgIpc) is 2.70. The van der Waals surface area contributed by atoms with Crippen LogP contribution in [-0.2, 0) is 9.53 Å². The van der Waals surface area contributed by atoms with Gasteiger partial charge in [-0.05, 0) is 36.8 Å². The molecule has 2 aromatic heterocycles. The predicted molar refractivity (Wildman–Crippen MR) is 98.3 cm³/mol. The minimum atomic E-state index is -0.923. The van der Waals surface area contributed by atoms with Crippen LogP contribution in [0.2, 0.25) is 0 Å². The molecule has 0 aliphatic heterocycles. The first-order chi connectivity index (χ1) is 13.5. The van der Waals surface area contributed by atoms with E-state index in [1.54, 1.807) is 31.2 Å². The van der Waals surface area contributed by atoms with Crippen molar-refractivity contribution in [2.24, 2.45) is 0 Å². The zero-order valence-corrected chi connectivity index (χ0v) is 15.0. The number of nitrogens with zero attached hydrogens (tertiary/aromatic N) is 3. The summed E-state index contributed by atoms with van der Waals surface area (Å²) in [4.78, 5) is 29.1. The molecule has 0 amide bonds. The highest BCUT2D eigenvalue weighted by atomic mass is 19.1. The van der Waals surface area contributed by atoms with Crippen LogP contribution in [0.3, 0.4) is 0 Å². The fourth-order valence-electron chi connectivity index (χ4n) is 2.52. The second kappa shape index (κ2) is 7.72. The number of halogens is 1. The first kappa shape index (κ1) is 18.8. The van der Waals surface area contributed by atoms with E-state index in [2.05, 4.69) is 9.72 Å². The molecular weight excluding hydrogens is 365 g/mol. The normalized spacial score (nSPS) is 11.1. The molecule has 0 fully saturated rings. The summed E-state index contributed by atoms with van der Waals surface area (Å²) >= 11 is 0. The molecule has 0 saturated heterocycles. The number of methoxy groups -OCH3 is 1. The molecule has 0 saturated carbocycles. The van der Waals surface area contributed by atoms with Gasteiger partial charge in [0.25, 0.3) is 5.56 Å². The van der Waals surface area contributed by atoms with Crippen LogP contribution in [0.1, 0.15) is 11.1 Å². The molecule has 0 unspecified atom stereocenters. The lowest BCUT2D eigenvalue weighted by Crippen LogP contribution is -2.20. The maximum absolute atomic E-state index is 14.0. The zero-order chi connectivity index (χ0) is 20.3. The molecular formula is C20H14FN3O4. The van der Waals surface area contributed by atoms with Crippen molar-refractivity contribution >= 4 is 17.7 Å². The number of fused-ring (bicyclic) bond motifs is 1. The summed E-state index contributed by atoms with van der Waals surface area (Å²) in [6.45, 7) is 1.75. The lowest BCUT2D eigenvalue weighted by atomic mass is 10.2. The molecule has 28 heavy (non-hydrogen) atoms. The summed E-state index contributed by atoms with van der Waals surface area (Å²) in [7, 11) is 1.11.